The van der Waals surface area contributed by atoms with Gasteiger partial charge >= 0.3 is 0 Å². The Kier molecular flexibility index (Phi) is 4.65. The molecule has 1 aliphatic carbocycles. The molecule has 4 rings (SSSR count). The van der Waals surface area contributed by atoms with Crippen molar-refractivity contribution >= 4 is 16.8 Å². The zero-order valence-electron chi connectivity index (χ0n) is 16.2. The van der Waals surface area contributed by atoms with E-state index in [1.165, 1.54) is 38.9 Å². The van der Waals surface area contributed by atoms with E-state index in [4.69, 9.17) is 4.74 Å². The summed E-state index contributed by atoms with van der Waals surface area (Å²) in [5.41, 5.74) is 7.52. The maximum absolute atomic E-state index is 12.3. The second kappa shape index (κ2) is 7.10. The Morgan fingerprint density at radius 2 is 2.00 bits per heavy atom. The molecule has 1 atom stereocenters. The fourth-order valence-corrected chi connectivity index (χ4v) is 3.89. The predicted octanol–water partition coefficient (Wildman–Crippen LogP) is 4.15. The molecule has 0 radical (unpaired) electrons. The molecule has 1 aliphatic rings. The van der Waals surface area contributed by atoms with Crippen LogP contribution in [0.3, 0.4) is 0 Å². The molecule has 0 aliphatic heterocycles. The van der Waals surface area contributed by atoms with Crippen LogP contribution in [0.25, 0.3) is 10.9 Å². The Morgan fingerprint density at radius 3 is 2.81 bits per heavy atom. The van der Waals surface area contributed by atoms with Gasteiger partial charge in [0.1, 0.15) is 5.75 Å². The van der Waals surface area contributed by atoms with Crippen molar-refractivity contribution in [2.45, 2.75) is 46.1 Å². The molecule has 3 aromatic rings. The van der Waals surface area contributed by atoms with E-state index in [2.05, 4.69) is 42.3 Å². The van der Waals surface area contributed by atoms with E-state index < -0.39 is 0 Å². The summed E-state index contributed by atoms with van der Waals surface area (Å²) < 4.78 is 5.66. The van der Waals surface area contributed by atoms with Gasteiger partial charge in [0.2, 0.25) is 0 Å². The first-order valence-corrected chi connectivity index (χ1v) is 9.59. The number of aromatic nitrogens is 1. The highest BCUT2D eigenvalue weighted by Gasteiger charge is 2.23. The van der Waals surface area contributed by atoms with Crippen LogP contribution in [0.5, 0.6) is 5.75 Å². The van der Waals surface area contributed by atoms with Gasteiger partial charge in [0.25, 0.3) is 5.91 Å². The normalized spacial score (nSPS) is 16.2. The Hall–Kier alpha value is -2.75. The van der Waals surface area contributed by atoms with Crippen LogP contribution in [0, 0.1) is 20.8 Å². The summed E-state index contributed by atoms with van der Waals surface area (Å²) in [6.07, 6.45) is 2.80. The van der Waals surface area contributed by atoms with E-state index in [0.717, 1.165) is 25.0 Å². The van der Waals surface area contributed by atoms with Gasteiger partial charge in [-0.05, 0) is 74.6 Å². The number of hydrogen-bond donors (Lipinski definition) is 2. The van der Waals surface area contributed by atoms with Crippen molar-refractivity contribution in [1.29, 1.82) is 0 Å². The quantitative estimate of drug-likeness (QED) is 0.733. The summed E-state index contributed by atoms with van der Waals surface area (Å²) in [5.74, 6) is 0.679. The molecule has 0 saturated heterocycles. The summed E-state index contributed by atoms with van der Waals surface area (Å²) in [4.78, 5) is 15.9. The van der Waals surface area contributed by atoms with E-state index in [9.17, 15) is 4.79 Å². The molecule has 4 nitrogen and oxygen atoms in total. The molecule has 0 bridgehead atoms. The van der Waals surface area contributed by atoms with Gasteiger partial charge in [0.15, 0.2) is 6.61 Å². The van der Waals surface area contributed by atoms with Gasteiger partial charge in [-0.3, -0.25) is 4.79 Å². The standard InChI is InChI=1S/C23H26N2O2/c1-14-4-9-21-20(10-14)19-8-6-17(12-22(19)25-21)24-23(26)13-27-18-7-5-15(2)16(3)11-18/h4-5,7,9-11,17,25H,6,8,12-13H2,1-3H3,(H,24,26). The van der Waals surface area contributed by atoms with Crippen molar-refractivity contribution in [3.8, 4) is 5.75 Å². The van der Waals surface area contributed by atoms with E-state index in [-0.39, 0.29) is 18.6 Å². The van der Waals surface area contributed by atoms with Gasteiger partial charge in [-0.1, -0.05) is 17.7 Å². The summed E-state index contributed by atoms with van der Waals surface area (Å²) in [6, 6.07) is 12.6. The number of amides is 1. The zero-order chi connectivity index (χ0) is 19.0. The number of rotatable bonds is 4. The van der Waals surface area contributed by atoms with Crippen LogP contribution in [0.2, 0.25) is 0 Å². The minimum atomic E-state index is -0.0615. The number of benzene rings is 2. The molecular formula is C23H26N2O2. The van der Waals surface area contributed by atoms with Crippen LogP contribution in [-0.4, -0.2) is 23.5 Å². The first kappa shape index (κ1) is 17.7. The van der Waals surface area contributed by atoms with Crippen LogP contribution in [0.1, 0.15) is 34.4 Å². The molecule has 0 spiro atoms. The Morgan fingerprint density at radius 1 is 1.15 bits per heavy atom. The molecule has 1 amide bonds. The molecule has 0 saturated carbocycles. The third kappa shape index (κ3) is 3.70. The average molecular weight is 362 g/mol. The molecule has 1 heterocycles. The molecule has 2 aromatic carbocycles. The Bertz CT molecular complexity index is 1000. The van der Waals surface area contributed by atoms with Crippen molar-refractivity contribution in [1.82, 2.24) is 10.3 Å². The number of ether oxygens (including phenoxy) is 1. The number of aromatic amines is 1. The van der Waals surface area contributed by atoms with E-state index in [0.29, 0.717) is 0 Å². The summed E-state index contributed by atoms with van der Waals surface area (Å²) >= 11 is 0. The first-order chi connectivity index (χ1) is 13.0. The molecule has 4 heteroatoms. The average Bonchev–Trinajstić information content (AvgIpc) is 2.99. The highest BCUT2D eigenvalue weighted by molar-refractivity contribution is 5.86. The lowest BCUT2D eigenvalue weighted by Gasteiger charge is -2.23. The summed E-state index contributed by atoms with van der Waals surface area (Å²) in [6.45, 7) is 6.29. The van der Waals surface area contributed by atoms with E-state index in [1.807, 2.05) is 25.1 Å². The molecule has 0 fully saturated rings. The molecule has 1 aromatic heterocycles. The van der Waals surface area contributed by atoms with E-state index >= 15 is 0 Å². The minimum absolute atomic E-state index is 0.0533. The van der Waals surface area contributed by atoms with Gasteiger partial charge in [-0.25, -0.2) is 0 Å². The lowest BCUT2D eigenvalue weighted by molar-refractivity contribution is -0.123. The van der Waals surface area contributed by atoms with E-state index in [1.54, 1.807) is 0 Å². The maximum atomic E-state index is 12.3. The lowest BCUT2D eigenvalue weighted by Crippen LogP contribution is -2.41. The number of fused-ring (bicyclic) bond motifs is 3. The van der Waals surface area contributed by atoms with Crippen LogP contribution < -0.4 is 10.1 Å². The van der Waals surface area contributed by atoms with Crippen LogP contribution in [0.4, 0.5) is 0 Å². The predicted molar refractivity (Wildman–Crippen MR) is 108 cm³/mol. The maximum Gasteiger partial charge on any atom is 0.258 e. The lowest BCUT2D eigenvalue weighted by atomic mass is 9.91. The second-order valence-corrected chi connectivity index (χ2v) is 7.67. The molecule has 27 heavy (non-hydrogen) atoms. The number of carbonyl (C=O) groups excluding carboxylic acids is 1. The van der Waals surface area contributed by atoms with Gasteiger partial charge < -0.3 is 15.0 Å². The van der Waals surface area contributed by atoms with Crippen molar-refractivity contribution in [3.63, 3.8) is 0 Å². The smallest absolute Gasteiger partial charge is 0.258 e. The van der Waals surface area contributed by atoms with Crippen molar-refractivity contribution in [2.24, 2.45) is 0 Å². The highest BCUT2D eigenvalue weighted by atomic mass is 16.5. The summed E-state index contributed by atoms with van der Waals surface area (Å²) in [5, 5.41) is 4.45. The van der Waals surface area contributed by atoms with Gasteiger partial charge in [0, 0.05) is 29.1 Å². The minimum Gasteiger partial charge on any atom is -0.484 e. The fourth-order valence-electron chi connectivity index (χ4n) is 3.89. The second-order valence-electron chi connectivity index (χ2n) is 7.67. The molecular weight excluding hydrogens is 336 g/mol. The largest absolute Gasteiger partial charge is 0.484 e. The Labute approximate surface area is 159 Å². The number of H-pyrrole nitrogens is 1. The van der Waals surface area contributed by atoms with Crippen molar-refractivity contribution in [3.05, 3.63) is 64.3 Å². The highest BCUT2D eigenvalue weighted by Crippen LogP contribution is 2.29. The van der Waals surface area contributed by atoms with Gasteiger partial charge in [-0.15, -0.1) is 0 Å². The first-order valence-electron chi connectivity index (χ1n) is 9.59. The monoisotopic (exact) mass is 362 g/mol. The fraction of sp³-hybridized carbons (Fsp3) is 0.348. The van der Waals surface area contributed by atoms with Gasteiger partial charge in [-0.2, -0.15) is 0 Å². The van der Waals surface area contributed by atoms with Crippen molar-refractivity contribution in [2.75, 3.05) is 6.61 Å². The van der Waals surface area contributed by atoms with Crippen molar-refractivity contribution < 1.29 is 9.53 Å². The van der Waals surface area contributed by atoms with Crippen LogP contribution >= 0.6 is 0 Å². The number of hydrogen-bond acceptors (Lipinski definition) is 2. The third-order valence-electron chi connectivity index (χ3n) is 5.56. The number of carbonyl (C=O) groups is 1. The number of nitrogens with one attached hydrogen (secondary N) is 2. The Balaban J connectivity index is 1.37. The molecule has 2 N–H and O–H groups in total. The summed E-state index contributed by atoms with van der Waals surface area (Å²) in [7, 11) is 0. The van der Waals surface area contributed by atoms with Gasteiger partial charge in [0.05, 0.1) is 0 Å². The topological polar surface area (TPSA) is 54.1 Å². The molecule has 140 valence electrons. The SMILES string of the molecule is Cc1ccc2[nH]c3c(c2c1)CCC(NC(=O)COc1ccc(C)c(C)c1)C3. The van der Waals surface area contributed by atoms with Crippen LogP contribution in [-0.2, 0) is 17.6 Å². The molecule has 1 unspecified atom stereocenters. The zero-order valence-corrected chi connectivity index (χ0v) is 16.2. The third-order valence-corrected chi connectivity index (χ3v) is 5.56. The number of aryl methyl sites for hydroxylation is 4. The van der Waals surface area contributed by atoms with Crippen LogP contribution in [0.15, 0.2) is 36.4 Å².